The molecule has 0 heterocycles. The summed E-state index contributed by atoms with van der Waals surface area (Å²) in [5.41, 5.74) is 4.71. The third-order valence-electron chi connectivity index (χ3n) is 5.91. The van der Waals surface area contributed by atoms with Crippen LogP contribution in [0.25, 0.3) is 0 Å². The van der Waals surface area contributed by atoms with Crippen LogP contribution in [0.3, 0.4) is 0 Å². The number of allylic oxidation sites excluding steroid dienone is 1. The number of ether oxygens (including phenoxy) is 7. The van der Waals surface area contributed by atoms with E-state index in [1.165, 1.54) is 0 Å². The molecule has 12 nitrogen and oxygen atoms in total. The van der Waals surface area contributed by atoms with Gasteiger partial charge in [0.15, 0.2) is 0 Å². The Morgan fingerprint density at radius 3 is 1.78 bits per heavy atom. The molecule has 1 aromatic carbocycles. The topological polar surface area (TPSA) is 148 Å². The first kappa shape index (κ1) is 42.7. The molecule has 0 atom stereocenters. The monoisotopic (exact) mass is 685 g/mol. The van der Waals surface area contributed by atoms with Gasteiger partial charge in [0.25, 0.3) is 0 Å². The van der Waals surface area contributed by atoms with Crippen molar-refractivity contribution in [1.29, 1.82) is 0 Å². The molecular weight excluding hydrogens is 634 g/mol. The molecule has 0 aliphatic carbocycles. The van der Waals surface area contributed by atoms with Crippen LogP contribution in [0.1, 0.15) is 38.3 Å². The van der Waals surface area contributed by atoms with E-state index in [2.05, 4.69) is 31.6 Å². The number of hydrogen-bond acceptors (Lipinski definition) is 12. The van der Waals surface area contributed by atoms with Gasteiger partial charge in [0, 0.05) is 34.5 Å². The Hall–Kier alpha value is -4.33. The minimum absolute atomic E-state index is 0.0871. The van der Waals surface area contributed by atoms with Gasteiger partial charge in [-0.2, -0.15) is 0 Å². The molecule has 0 spiro atoms. The van der Waals surface area contributed by atoms with Crippen LogP contribution in [-0.4, -0.2) is 89.1 Å². The molecule has 1 aromatic rings. The molecule has 49 heavy (non-hydrogen) atoms. The fourth-order valence-electron chi connectivity index (χ4n) is 3.61. The zero-order valence-electron chi connectivity index (χ0n) is 29.0. The maximum atomic E-state index is 11.6. The first-order chi connectivity index (χ1) is 23.4. The van der Waals surface area contributed by atoms with Crippen molar-refractivity contribution in [2.75, 3.05) is 71.4 Å². The van der Waals surface area contributed by atoms with Crippen LogP contribution < -0.4 is 5.32 Å². The Morgan fingerprint density at radius 2 is 1.22 bits per heavy atom. The summed E-state index contributed by atoms with van der Waals surface area (Å²) in [4.78, 5) is 34.7. The highest BCUT2D eigenvalue weighted by atomic mass is 16.6. The lowest BCUT2D eigenvalue weighted by Gasteiger charge is -2.14. The summed E-state index contributed by atoms with van der Waals surface area (Å²) < 4.78 is 37.8. The SMILES string of the molecule is C=C(/C=C(\C=C\COCCCOC(=O)C(=C)C)Nc1cc(COCCO)cc(COCCOC(=O)C(=C)C)c1)COCCOC(=O)C(=C)C. The average Bonchev–Trinajstić information content (AvgIpc) is 3.05. The van der Waals surface area contributed by atoms with Crippen LogP contribution >= 0.6 is 0 Å². The molecule has 0 amide bonds. The first-order valence-electron chi connectivity index (χ1n) is 15.8. The zero-order chi connectivity index (χ0) is 36.4. The van der Waals surface area contributed by atoms with Gasteiger partial charge in [-0.1, -0.05) is 38.5 Å². The number of hydrogen-bond donors (Lipinski definition) is 2. The molecule has 0 bridgehead atoms. The second-order valence-electron chi connectivity index (χ2n) is 10.9. The highest BCUT2D eigenvalue weighted by Gasteiger charge is 2.07. The quantitative estimate of drug-likeness (QED) is 0.0427. The lowest BCUT2D eigenvalue weighted by Crippen LogP contribution is -2.11. The Labute approximate surface area is 289 Å². The zero-order valence-corrected chi connectivity index (χ0v) is 29.0. The van der Waals surface area contributed by atoms with Gasteiger partial charge in [-0.25, -0.2) is 14.4 Å². The lowest BCUT2D eigenvalue weighted by atomic mass is 10.1. The van der Waals surface area contributed by atoms with Crippen molar-refractivity contribution < 1.29 is 52.6 Å². The van der Waals surface area contributed by atoms with Crippen LogP contribution in [0.5, 0.6) is 0 Å². The number of esters is 3. The van der Waals surface area contributed by atoms with Crippen molar-refractivity contribution in [2.45, 2.75) is 40.4 Å². The van der Waals surface area contributed by atoms with Gasteiger partial charge in [0.05, 0.1) is 66.1 Å². The van der Waals surface area contributed by atoms with Crippen molar-refractivity contribution in [3.05, 3.63) is 102 Å². The van der Waals surface area contributed by atoms with Crippen molar-refractivity contribution in [3.63, 3.8) is 0 Å². The largest absolute Gasteiger partial charge is 0.462 e. The average molecular weight is 686 g/mol. The van der Waals surface area contributed by atoms with E-state index in [9.17, 15) is 14.4 Å². The Kier molecular flexibility index (Phi) is 22.4. The molecule has 270 valence electrons. The maximum Gasteiger partial charge on any atom is 0.333 e. The number of aliphatic hydroxyl groups is 1. The summed E-state index contributed by atoms with van der Waals surface area (Å²) in [7, 11) is 0. The van der Waals surface area contributed by atoms with Gasteiger partial charge < -0.3 is 43.6 Å². The fraction of sp³-hybridized carbons (Fsp3) is 0.432. The Bertz CT molecular complexity index is 1330. The number of rotatable bonds is 27. The van der Waals surface area contributed by atoms with E-state index in [1.54, 1.807) is 20.8 Å². The second-order valence-corrected chi connectivity index (χ2v) is 10.9. The van der Waals surface area contributed by atoms with Crippen molar-refractivity contribution in [3.8, 4) is 0 Å². The van der Waals surface area contributed by atoms with Crippen LogP contribution in [0.15, 0.2) is 90.7 Å². The number of anilines is 1. The van der Waals surface area contributed by atoms with E-state index in [1.807, 2.05) is 36.4 Å². The summed E-state index contributed by atoms with van der Waals surface area (Å²) in [5.74, 6) is -1.38. The van der Waals surface area contributed by atoms with Crippen LogP contribution in [0, 0.1) is 0 Å². The molecule has 12 heteroatoms. The van der Waals surface area contributed by atoms with E-state index in [4.69, 9.17) is 38.3 Å². The summed E-state index contributed by atoms with van der Waals surface area (Å²) >= 11 is 0. The highest BCUT2D eigenvalue weighted by molar-refractivity contribution is 5.87. The number of carbonyl (C=O) groups is 3. The van der Waals surface area contributed by atoms with Gasteiger partial charge in [-0.15, -0.1) is 0 Å². The van der Waals surface area contributed by atoms with Crippen LogP contribution in [-0.2, 0) is 60.8 Å². The third-order valence-corrected chi connectivity index (χ3v) is 5.91. The van der Waals surface area contributed by atoms with Gasteiger partial charge in [0.2, 0.25) is 0 Å². The maximum absolute atomic E-state index is 11.6. The van der Waals surface area contributed by atoms with E-state index >= 15 is 0 Å². The van der Waals surface area contributed by atoms with Crippen molar-refractivity contribution in [1.82, 2.24) is 0 Å². The van der Waals surface area contributed by atoms with Crippen molar-refractivity contribution >= 4 is 23.6 Å². The summed E-state index contributed by atoms with van der Waals surface area (Å²) in [6.07, 6.45) is 6.01. The lowest BCUT2D eigenvalue weighted by molar-refractivity contribution is -0.141. The molecular formula is C37H51NO11. The van der Waals surface area contributed by atoms with E-state index in [0.717, 1.165) is 16.8 Å². The number of benzene rings is 1. The van der Waals surface area contributed by atoms with Crippen LogP contribution in [0.2, 0.25) is 0 Å². The summed E-state index contributed by atoms with van der Waals surface area (Å²) in [6.45, 7) is 21.8. The summed E-state index contributed by atoms with van der Waals surface area (Å²) in [5, 5.41) is 12.5. The molecule has 0 saturated heterocycles. The molecule has 0 aliphatic heterocycles. The molecule has 2 N–H and O–H groups in total. The van der Waals surface area contributed by atoms with Gasteiger partial charge in [0.1, 0.15) is 13.2 Å². The minimum Gasteiger partial charge on any atom is -0.462 e. The van der Waals surface area contributed by atoms with Gasteiger partial charge >= 0.3 is 17.9 Å². The highest BCUT2D eigenvalue weighted by Crippen LogP contribution is 2.20. The Balaban J connectivity index is 2.98. The molecule has 0 saturated carbocycles. The fourth-order valence-corrected chi connectivity index (χ4v) is 3.61. The predicted molar refractivity (Wildman–Crippen MR) is 186 cm³/mol. The van der Waals surface area contributed by atoms with E-state index in [-0.39, 0.29) is 66.1 Å². The smallest absolute Gasteiger partial charge is 0.333 e. The molecule has 0 fully saturated rings. The van der Waals surface area contributed by atoms with Gasteiger partial charge in [-0.3, -0.25) is 0 Å². The molecule has 0 radical (unpaired) electrons. The van der Waals surface area contributed by atoms with Crippen LogP contribution in [0.4, 0.5) is 5.69 Å². The summed E-state index contributed by atoms with van der Waals surface area (Å²) in [6, 6.07) is 5.75. The number of nitrogens with one attached hydrogen (secondary N) is 1. The molecule has 1 rings (SSSR count). The third kappa shape index (κ3) is 21.3. The number of aliphatic hydroxyl groups excluding tert-OH is 1. The molecule has 0 aromatic heterocycles. The van der Waals surface area contributed by atoms with Gasteiger partial charge in [-0.05, 0) is 61.8 Å². The first-order valence-corrected chi connectivity index (χ1v) is 15.8. The predicted octanol–water partition coefficient (Wildman–Crippen LogP) is 4.90. The standard InChI is InChI=1S/C37H51NO11/c1-27(2)35(40)47-14-9-13-43-12-8-10-33(20-30(7)24-45-16-18-48-36(41)28(3)4)38-34-22-31(25-44-15-11-39)21-32(23-34)26-46-17-19-49-37(42)29(5)6/h8,10,20-23,38-39H,1,3,5,7,9,11-19,24-26H2,2,4,6H3/b10-8+,33-20+. The second kappa shape index (κ2) is 25.7. The number of carbonyl (C=O) groups excluding carboxylic acids is 3. The minimum atomic E-state index is -0.478. The normalized spacial score (nSPS) is 11.2. The Morgan fingerprint density at radius 1 is 0.694 bits per heavy atom. The van der Waals surface area contributed by atoms with Crippen molar-refractivity contribution in [2.24, 2.45) is 0 Å². The molecule has 0 unspecified atom stereocenters. The van der Waals surface area contributed by atoms with E-state index < -0.39 is 17.9 Å². The van der Waals surface area contributed by atoms with E-state index in [0.29, 0.717) is 47.6 Å². The molecule has 0 aliphatic rings.